The van der Waals surface area contributed by atoms with Gasteiger partial charge < -0.3 is 9.72 Å². The topological polar surface area (TPSA) is 97.3 Å². The molecule has 0 unspecified atom stereocenters. The average Bonchev–Trinajstić information content (AvgIpc) is 3.04. The maximum Gasteiger partial charge on any atom is 0.327 e. The number of benzene rings is 1. The monoisotopic (exact) mass is 416 g/mol. The summed E-state index contributed by atoms with van der Waals surface area (Å²) >= 11 is 0. The minimum absolute atomic E-state index is 0.178. The zero-order valence-corrected chi connectivity index (χ0v) is 17.1. The molecule has 1 aromatic carbocycles. The number of imidazole rings is 1. The number of hydrogen-bond acceptors (Lipinski definition) is 5. The van der Waals surface area contributed by atoms with E-state index in [2.05, 4.69) is 9.97 Å². The van der Waals surface area contributed by atoms with Gasteiger partial charge in [0.2, 0.25) is 10.0 Å². The van der Waals surface area contributed by atoms with Crippen LogP contribution < -0.4 is 10.4 Å². The van der Waals surface area contributed by atoms with Crippen LogP contribution in [0.5, 0.6) is 5.75 Å². The molecule has 1 saturated heterocycles. The summed E-state index contributed by atoms with van der Waals surface area (Å²) in [5, 5.41) is 0. The predicted molar refractivity (Wildman–Crippen MR) is 109 cm³/mol. The first kappa shape index (κ1) is 19.7. The number of fused-ring (bicyclic) bond motifs is 1. The lowest BCUT2D eigenvalue weighted by molar-refractivity contribution is 0.253. The molecule has 0 bridgehead atoms. The van der Waals surface area contributed by atoms with E-state index in [0.29, 0.717) is 56.0 Å². The third kappa shape index (κ3) is 3.92. The molecule has 1 fully saturated rings. The third-order valence-electron chi connectivity index (χ3n) is 5.32. The Hall–Kier alpha value is -2.65. The van der Waals surface area contributed by atoms with Crippen molar-refractivity contribution >= 4 is 21.2 Å². The number of hydrogen-bond donors (Lipinski definition) is 1. The van der Waals surface area contributed by atoms with Gasteiger partial charge in [0.1, 0.15) is 5.75 Å². The summed E-state index contributed by atoms with van der Waals surface area (Å²) in [6.45, 7) is 3.83. The number of nitrogens with zero attached hydrogens (tertiary/aromatic N) is 3. The van der Waals surface area contributed by atoms with Gasteiger partial charge in [-0.05, 0) is 62.1 Å². The molecule has 1 aliphatic heterocycles. The van der Waals surface area contributed by atoms with Gasteiger partial charge >= 0.3 is 5.69 Å². The van der Waals surface area contributed by atoms with Crippen LogP contribution in [0.15, 0.2) is 52.3 Å². The van der Waals surface area contributed by atoms with Crippen molar-refractivity contribution < 1.29 is 13.2 Å². The zero-order chi connectivity index (χ0) is 20.4. The van der Waals surface area contributed by atoms with Gasteiger partial charge in [0.05, 0.1) is 17.0 Å². The standard InChI is InChI=1S/C20H24N4O4S/c1-2-28-16-5-7-17(8-6-16)29(26,27)23-12-9-15(10-13-23)14-24-19-18(22-20(24)25)4-3-11-21-19/h3-8,11,15H,2,9-10,12-14H2,1H3,(H,22,25). The number of pyridine rings is 1. The van der Waals surface area contributed by atoms with E-state index in [1.54, 1.807) is 41.1 Å². The second-order valence-electron chi connectivity index (χ2n) is 7.17. The Bertz CT molecular complexity index is 1140. The van der Waals surface area contributed by atoms with E-state index in [1.807, 2.05) is 13.0 Å². The highest BCUT2D eigenvalue weighted by molar-refractivity contribution is 7.89. The third-order valence-corrected chi connectivity index (χ3v) is 7.23. The number of rotatable bonds is 6. The van der Waals surface area contributed by atoms with Crippen LogP contribution in [-0.2, 0) is 16.6 Å². The van der Waals surface area contributed by atoms with Crippen LogP contribution >= 0.6 is 0 Å². The zero-order valence-electron chi connectivity index (χ0n) is 16.2. The minimum atomic E-state index is -3.53. The number of aromatic nitrogens is 3. The van der Waals surface area contributed by atoms with E-state index < -0.39 is 10.0 Å². The van der Waals surface area contributed by atoms with Crippen molar-refractivity contribution in [1.29, 1.82) is 0 Å². The first-order valence-electron chi connectivity index (χ1n) is 9.75. The summed E-state index contributed by atoms with van der Waals surface area (Å²) < 4.78 is 34.4. The molecule has 2 aromatic heterocycles. The van der Waals surface area contributed by atoms with Crippen LogP contribution in [0.25, 0.3) is 11.2 Å². The van der Waals surface area contributed by atoms with Crippen LogP contribution in [0.4, 0.5) is 0 Å². The van der Waals surface area contributed by atoms with E-state index in [0.717, 1.165) is 0 Å². The van der Waals surface area contributed by atoms with Crippen molar-refractivity contribution in [3.63, 3.8) is 0 Å². The van der Waals surface area contributed by atoms with Crippen LogP contribution in [0, 0.1) is 5.92 Å². The van der Waals surface area contributed by atoms with E-state index >= 15 is 0 Å². The van der Waals surface area contributed by atoms with Gasteiger partial charge in [-0.3, -0.25) is 4.57 Å². The molecule has 0 atom stereocenters. The fourth-order valence-corrected chi connectivity index (χ4v) is 5.24. The molecule has 8 nitrogen and oxygen atoms in total. The Kier molecular flexibility index (Phi) is 5.42. The van der Waals surface area contributed by atoms with Crippen LogP contribution in [0.2, 0.25) is 0 Å². The molecule has 3 heterocycles. The largest absolute Gasteiger partial charge is 0.494 e. The lowest BCUT2D eigenvalue weighted by Gasteiger charge is -2.31. The van der Waals surface area contributed by atoms with Gasteiger partial charge in [-0.2, -0.15) is 4.31 Å². The normalized spacial score (nSPS) is 16.3. The molecular weight excluding hydrogens is 392 g/mol. The van der Waals surface area contributed by atoms with Crippen molar-refractivity contribution in [2.75, 3.05) is 19.7 Å². The number of nitrogens with one attached hydrogen (secondary N) is 1. The van der Waals surface area contributed by atoms with Crippen LogP contribution in [0.1, 0.15) is 19.8 Å². The fraction of sp³-hybridized carbons (Fsp3) is 0.400. The lowest BCUT2D eigenvalue weighted by Crippen LogP contribution is -2.39. The van der Waals surface area contributed by atoms with E-state index in [1.165, 1.54) is 4.31 Å². The number of ether oxygens (including phenoxy) is 1. The Balaban J connectivity index is 1.43. The molecule has 29 heavy (non-hydrogen) atoms. The molecule has 0 aliphatic carbocycles. The van der Waals surface area contributed by atoms with Crippen molar-refractivity contribution in [3.05, 3.63) is 53.1 Å². The number of sulfonamides is 1. The highest BCUT2D eigenvalue weighted by atomic mass is 32.2. The molecule has 9 heteroatoms. The van der Waals surface area contributed by atoms with Crippen LogP contribution in [-0.4, -0.2) is 47.0 Å². The van der Waals surface area contributed by atoms with Crippen LogP contribution in [0.3, 0.4) is 0 Å². The smallest absolute Gasteiger partial charge is 0.327 e. The number of piperidine rings is 1. The van der Waals surface area contributed by atoms with E-state index in [9.17, 15) is 13.2 Å². The molecule has 0 amide bonds. The van der Waals surface area contributed by atoms with Crippen molar-refractivity contribution in [3.8, 4) is 5.75 Å². The Labute approximate surface area is 169 Å². The Morgan fingerprint density at radius 3 is 2.59 bits per heavy atom. The highest BCUT2D eigenvalue weighted by Crippen LogP contribution is 2.26. The molecule has 0 spiro atoms. The van der Waals surface area contributed by atoms with E-state index in [-0.39, 0.29) is 16.5 Å². The van der Waals surface area contributed by atoms with Gasteiger partial charge in [-0.15, -0.1) is 0 Å². The average molecular weight is 417 g/mol. The molecule has 4 rings (SSSR count). The maximum absolute atomic E-state index is 12.9. The second-order valence-corrected chi connectivity index (χ2v) is 9.11. The van der Waals surface area contributed by atoms with Gasteiger partial charge in [-0.25, -0.2) is 18.2 Å². The Morgan fingerprint density at radius 2 is 1.90 bits per heavy atom. The summed E-state index contributed by atoms with van der Waals surface area (Å²) in [5.74, 6) is 0.878. The SMILES string of the molecule is CCOc1ccc(S(=O)(=O)N2CCC(Cn3c(=O)[nH]c4cccnc43)CC2)cc1. The predicted octanol–water partition coefficient (Wildman–Crippen LogP) is 2.22. The summed E-state index contributed by atoms with van der Waals surface area (Å²) in [4.78, 5) is 19.6. The minimum Gasteiger partial charge on any atom is -0.494 e. The molecule has 1 N–H and O–H groups in total. The second kappa shape index (κ2) is 8.00. The molecular formula is C20H24N4O4S. The van der Waals surface area contributed by atoms with Crippen molar-refractivity contribution in [1.82, 2.24) is 18.8 Å². The molecule has 3 aromatic rings. The number of H-pyrrole nitrogens is 1. The maximum atomic E-state index is 12.9. The summed E-state index contributed by atoms with van der Waals surface area (Å²) in [6.07, 6.45) is 3.06. The Morgan fingerprint density at radius 1 is 1.17 bits per heavy atom. The fourth-order valence-electron chi connectivity index (χ4n) is 3.77. The number of aromatic amines is 1. The quantitative estimate of drug-likeness (QED) is 0.665. The molecule has 154 valence electrons. The molecule has 0 saturated carbocycles. The van der Waals surface area contributed by atoms with E-state index in [4.69, 9.17) is 4.74 Å². The highest BCUT2D eigenvalue weighted by Gasteiger charge is 2.30. The van der Waals surface area contributed by atoms with Crippen molar-refractivity contribution in [2.24, 2.45) is 5.92 Å². The van der Waals surface area contributed by atoms with Crippen molar-refractivity contribution in [2.45, 2.75) is 31.2 Å². The first-order valence-corrected chi connectivity index (χ1v) is 11.2. The first-order chi connectivity index (χ1) is 14.0. The van der Waals surface area contributed by atoms with Gasteiger partial charge in [0, 0.05) is 25.8 Å². The van der Waals surface area contributed by atoms with Gasteiger partial charge in [0.25, 0.3) is 0 Å². The van der Waals surface area contributed by atoms with Gasteiger partial charge in [-0.1, -0.05) is 0 Å². The molecule has 1 aliphatic rings. The summed E-state index contributed by atoms with van der Waals surface area (Å²) in [6, 6.07) is 10.1. The molecule has 0 radical (unpaired) electrons. The summed E-state index contributed by atoms with van der Waals surface area (Å²) in [7, 11) is -3.53. The lowest BCUT2D eigenvalue weighted by atomic mass is 9.98. The summed E-state index contributed by atoms with van der Waals surface area (Å²) in [5.41, 5.74) is 1.18. The van der Waals surface area contributed by atoms with Gasteiger partial charge in [0.15, 0.2) is 5.65 Å².